The lowest BCUT2D eigenvalue weighted by Crippen LogP contribution is -2.12. The highest BCUT2D eigenvalue weighted by Crippen LogP contribution is 2.45. The summed E-state index contributed by atoms with van der Waals surface area (Å²) >= 11 is 0. The molecule has 118 valence electrons. The number of pyridine rings is 1. The van der Waals surface area contributed by atoms with Crippen LogP contribution in [-0.2, 0) is 0 Å². The van der Waals surface area contributed by atoms with Crippen molar-refractivity contribution in [1.29, 1.82) is 10.5 Å². The molecule has 2 aromatic rings. The van der Waals surface area contributed by atoms with Crippen LogP contribution in [0.5, 0.6) is 5.75 Å². The molecule has 0 atom stereocenters. The van der Waals surface area contributed by atoms with Crippen molar-refractivity contribution in [3.05, 3.63) is 39.7 Å². The van der Waals surface area contributed by atoms with Gasteiger partial charge in [0.1, 0.15) is 18.4 Å². The van der Waals surface area contributed by atoms with Crippen molar-refractivity contribution in [2.45, 2.75) is 33.6 Å². The summed E-state index contributed by atoms with van der Waals surface area (Å²) in [5.41, 5.74) is 1.07. The van der Waals surface area contributed by atoms with E-state index in [1.807, 2.05) is 13.8 Å². The molecular weight excluding hydrogens is 290 g/mol. The van der Waals surface area contributed by atoms with E-state index in [2.05, 4.69) is 17.1 Å². The lowest BCUT2D eigenvalue weighted by Gasteiger charge is -2.11. The normalized spacial score (nSPS) is 14.1. The molecule has 0 saturated heterocycles. The molecule has 0 amide bonds. The van der Waals surface area contributed by atoms with Crippen LogP contribution in [0.2, 0.25) is 0 Å². The highest BCUT2D eigenvalue weighted by Gasteiger charge is 2.44. The smallest absolute Gasteiger partial charge is 0.251 e. The summed E-state index contributed by atoms with van der Waals surface area (Å²) in [4.78, 5) is 14.4. The number of aromatic nitrogens is 1. The average Bonchev–Trinajstić information content (AvgIpc) is 3.36. The summed E-state index contributed by atoms with van der Waals surface area (Å²) in [6.45, 7) is 6.00. The number of fused-ring (bicyclic) bond motifs is 1. The lowest BCUT2D eigenvalue weighted by atomic mass is 10.1. The van der Waals surface area contributed by atoms with E-state index in [1.54, 1.807) is 25.1 Å². The zero-order valence-corrected chi connectivity index (χ0v) is 13.6. The number of hydrogen-bond acceptors (Lipinski definition) is 4. The number of rotatable bonds is 3. The molecule has 0 bridgehead atoms. The minimum atomic E-state index is -0.400. The molecule has 1 N–H and O–H groups in total. The van der Waals surface area contributed by atoms with Gasteiger partial charge in [0.2, 0.25) is 0 Å². The molecule has 1 aromatic carbocycles. The second-order valence-electron chi connectivity index (χ2n) is 5.51. The summed E-state index contributed by atoms with van der Waals surface area (Å²) < 4.78 is 5.66. The van der Waals surface area contributed by atoms with Crippen LogP contribution in [0.3, 0.4) is 0 Å². The van der Waals surface area contributed by atoms with Gasteiger partial charge in [0.05, 0.1) is 22.6 Å². The predicted octanol–water partition coefficient (Wildman–Crippen LogP) is 3.42. The summed E-state index contributed by atoms with van der Waals surface area (Å²) in [5.74, 6) is 0.408. The first-order valence-electron chi connectivity index (χ1n) is 7.69. The van der Waals surface area contributed by atoms with Crippen LogP contribution >= 0.6 is 0 Å². The standard InChI is InChI=1S/C16H13N3O2.C2H6/c1-10-4-11-5-12(7-17)14(6-13(11)19-15(10)20)21-9-16(8-18)2-3-16;1-2/h4-6H,2-3,9H2,1H3,(H,19,20);1-2H3. The lowest BCUT2D eigenvalue weighted by molar-refractivity contribution is 0.268. The number of nitrogens with zero attached hydrogens (tertiary/aromatic N) is 2. The van der Waals surface area contributed by atoms with Crippen LogP contribution in [0.25, 0.3) is 10.9 Å². The minimum Gasteiger partial charge on any atom is -0.490 e. The van der Waals surface area contributed by atoms with Gasteiger partial charge in [-0.05, 0) is 31.9 Å². The monoisotopic (exact) mass is 309 g/mol. The molecule has 1 aliphatic rings. The van der Waals surface area contributed by atoms with Gasteiger partial charge in [-0.1, -0.05) is 13.8 Å². The molecule has 5 nitrogen and oxygen atoms in total. The van der Waals surface area contributed by atoms with Gasteiger partial charge in [-0.15, -0.1) is 0 Å². The van der Waals surface area contributed by atoms with E-state index >= 15 is 0 Å². The SMILES string of the molecule is CC.Cc1cc2cc(C#N)c(OCC3(C#N)CC3)cc2[nH]c1=O. The van der Waals surface area contributed by atoms with E-state index in [0.29, 0.717) is 22.4 Å². The van der Waals surface area contributed by atoms with Gasteiger partial charge in [-0.25, -0.2) is 0 Å². The number of nitriles is 2. The Morgan fingerprint density at radius 3 is 2.52 bits per heavy atom. The molecule has 1 heterocycles. The second kappa shape index (κ2) is 6.54. The quantitative estimate of drug-likeness (QED) is 0.940. The van der Waals surface area contributed by atoms with Crippen molar-refractivity contribution in [1.82, 2.24) is 4.98 Å². The molecular formula is C18H19N3O2. The molecule has 0 radical (unpaired) electrons. The van der Waals surface area contributed by atoms with E-state index in [1.165, 1.54) is 0 Å². The number of aryl methyl sites for hydroxylation is 1. The fraction of sp³-hybridized carbons (Fsp3) is 0.389. The first kappa shape index (κ1) is 16.6. The van der Waals surface area contributed by atoms with Gasteiger partial charge in [-0.3, -0.25) is 4.79 Å². The Morgan fingerprint density at radius 2 is 1.96 bits per heavy atom. The molecule has 23 heavy (non-hydrogen) atoms. The van der Waals surface area contributed by atoms with Crippen LogP contribution in [0, 0.1) is 35.0 Å². The number of nitrogens with one attached hydrogen (secondary N) is 1. The van der Waals surface area contributed by atoms with E-state index in [0.717, 1.165) is 18.2 Å². The minimum absolute atomic E-state index is 0.158. The Hall–Kier alpha value is -2.79. The Kier molecular flexibility index (Phi) is 4.71. The maximum atomic E-state index is 11.7. The van der Waals surface area contributed by atoms with Crippen LogP contribution < -0.4 is 10.3 Å². The topological polar surface area (TPSA) is 89.7 Å². The first-order chi connectivity index (χ1) is 11.1. The molecule has 0 aliphatic heterocycles. The van der Waals surface area contributed by atoms with Crippen molar-refractivity contribution < 1.29 is 4.74 Å². The van der Waals surface area contributed by atoms with E-state index in [9.17, 15) is 10.1 Å². The Morgan fingerprint density at radius 1 is 1.26 bits per heavy atom. The van der Waals surface area contributed by atoms with E-state index < -0.39 is 5.41 Å². The maximum Gasteiger partial charge on any atom is 0.251 e. The van der Waals surface area contributed by atoms with Crippen molar-refractivity contribution in [2.75, 3.05) is 6.61 Å². The van der Waals surface area contributed by atoms with Crippen LogP contribution in [0.15, 0.2) is 23.0 Å². The zero-order valence-electron chi connectivity index (χ0n) is 13.6. The number of ether oxygens (including phenoxy) is 1. The first-order valence-corrected chi connectivity index (χ1v) is 7.69. The van der Waals surface area contributed by atoms with Crippen LogP contribution in [0.1, 0.15) is 37.8 Å². The molecule has 0 spiro atoms. The van der Waals surface area contributed by atoms with Gasteiger partial charge in [-0.2, -0.15) is 10.5 Å². The Balaban J connectivity index is 0.000000924. The van der Waals surface area contributed by atoms with Gasteiger partial charge in [0, 0.05) is 17.0 Å². The highest BCUT2D eigenvalue weighted by atomic mass is 16.5. The predicted molar refractivity (Wildman–Crippen MR) is 88.1 cm³/mol. The summed E-state index contributed by atoms with van der Waals surface area (Å²) in [6.07, 6.45) is 1.66. The zero-order chi connectivity index (χ0) is 17.0. The van der Waals surface area contributed by atoms with Gasteiger partial charge in [0.25, 0.3) is 5.56 Å². The largest absolute Gasteiger partial charge is 0.490 e. The molecule has 3 rings (SSSR count). The van der Waals surface area contributed by atoms with Gasteiger partial charge >= 0.3 is 0 Å². The Labute approximate surface area is 135 Å². The van der Waals surface area contributed by atoms with Crippen molar-refractivity contribution in [2.24, 2.45) is 5.41 Å². The number of H-pyrrole nitrogens is 1. The molecule has 1 aromatic heterocycles. The second-order valence-corrected chi connectivity index (χ2v) is 5.51. The highest BCUT2D eigenvalue weighted by molar-refractivity contribution is 5.82. The van der Waals surface area contributed by atoms with Crippen LogP contribution in [0.4, 0.5) is 0 Å². The third-order valence-corrected chi connectivity index (χ3v) is 3.85. The summed E-state index contributed by atoms with van der Waals surface area (Å²) in [7, 11) is 0. The van der Waals surface area contributed by atoms with Crippen molar-refractivity contribution in [3.8, 4) is 17.9 Å². The van der Waals surface area contributed by atoms with Crippen LogP contribution in [-0.4, -0.2) is 11.6 Å². The maximum absolute atomic E-state index is 11.7. The third-order valence-electron chi connectivity index (χ3n) is 3.85. The number of aromatic amines is 1. The fourth-order valence-corrected chi connectivity index (χ4v) is 2.21. The van der Waals surface area contributed by atoms with Crippen molar-refractivity contribution >= 4 is 10.9 Å². The molecule has 1 saturated carbocycles. The summed E-state index contributed by atoms with van der Waals surface area (Å²) in [5, 5.41) is 19.1. The molecule has 1 aliphatic carbocycles. The van der Waals surface area contributed by atoms with E-state index in [4.69, 9.17) is 10.00 Å². The fourth-order valence-electron chi connectivity index (χ4n) is 2.21. The average molecular weight is 309 g/mol. The molecule has 5 heteroatoms. The molecule has 1 fully saturated rings. The summed E-state index contributed by atoms with van der Waals surface area (Å²) in [6, 6.07) is 9.44. The number of benzene rings is 1. The van der Waals surface area contributed by atoms with Gasteiger partial charge in [0.15, 0.2) is 0 Å². The van der Waals surface area contributed by atoms with Crippen molar-refractivity contribution in [3.63, 3.8) is 0 Å². The molecule has 0 unspecified atom stereocenters. The third kappa shape index (κ3) is 3.35. The van der Waals surface area contributed by atoms with Gasteiger partial charge < -0.3 is 9.72 Å². The number of hydrogen-bond donors (Lipinski definition) is 1. The Bertz CT molecular complexity index is 865. The van der Waals surface area contributed by atoms with E-state index in [-0.39, 0.29) is 12.2 Å².